The smallest absolute Gasteiger partial charge is 0.293 e. The second kappa shape index (κ2) is 6.31. The Morgan fingerprint density at radius 2 is 1.84 bits per heavy atom. The van der Waals surface area contributed by atoms with Crippen LogP contribution in [-0.2, 0) is 0 Å². The lowest BCUT2D eigenvalue weighted by atomic mass is 10.1. The maximum absolute atomic E-state index is 11.5. The number of rotatable bonds is 4. The highest BCUT2D eigenvalue weighted by Crippen LogP contribution is 2.34. The van der Waals surface area contributed by atoms with Crippen molar-refractivity contribution in [1.82, 2.24) is 15.1 Å². The van der Waals surface area contributed by atoms with Crippen molar-refractivity contribution in [2.45, 2.75) is 12.8 Å². The van der Waals surface area contributed by atoms with Crippen LogP contribution in [0.2, 0.25) is 0 Å². The van der Waals surface area contributed by atoms with E-state index in [0.717, 1.165) is 31.5 Å². The zero-order valence-electron chi connectivity index (χ0n) is 13.3. The number of hydrogen-bond acceptors (Lipinski definition) is 7. The molecule has 25 heavy (non-hydrogen) atoms. The molecule has 0 unspecified atom stereocenters. The van der Waals surface area contributed by atoms with Gasteiger partial charge in [0.15, 0.2) is 0 Å². The van der Waals surface area contributed by atoms with E-state index in [1.54, 1.807) is 36.7 Å². The summed E-state index contributed by atoms with van der Waals surface area (Å²) in [4.78, 5) is 21.5. The summed E-state index contributed by atoms with van der Waals surface area (Å²) in [5.74, 6) is 0.673. The zero-order chi connectivity index (χ0) is 17.2. The van der Waals surface area contributed by atoms with Gasteiger partial charge in [0.25, 0.3) is 11.6 Å². The Balaban J connectivity index is 1.70. The average Bonchev–Trinajstić information content (AvgIpc) is 3.34. The van der Waals surface area contributed by atoms with Crippen LogP contribution in [0.5, 0.6) is 0 Å². The summed E-state index contributed by atoms with van der Waals surface area (Å²) < 4.78 is 5.27. The summed E-state index contributed by atoms with van der Waals surface area (Å²) in [5.41, 5.74) is 2.01. The molecule has 0 atom stereocenters. The van der Waals surface area contributed by atoms with Gasteiger partial charge in [-0.3, -0.25) is 15.1 Å². The molecule has 1 aliphatic heterocycles. The van der Waals surface area contributed by atoms with E-state index >= 15 is 0 Å². The Labute approximate surface area is 143 Å². The summed E-state index contributed by atoms with van der Waals surface area (Å²) in [7, 11) is 0. The molecule has 126 valence electrons. The van der Waals surface area contributed by atoms with E-state index in [0.29, 0.717) is 23.0 Å². The van der Waals surface area contributed by atoms with Crippen molar-refractivity contribution < 1.29 is 9.45 Å². The number of pyridine rings is 1. The van der Waals surface area contributed by atoms with Gasteiger partial charge in [0, 0.05) is 42.7 Å². The molecule has 1 aliphatic rings. The van der Waals surface area contributed by atoms with Gasteiger partial charge in [-0.25, -0.2) is 0 Å². The van der Waals surface area contributed by atoms with E-state index in [9.17, 15) is 10.1 Å². The van der Waals surface area contributed by atoms with E-state index in [2.05, 4.69) is 15.1 Å². The monoisotopic (exact) mass is 337 g/mol. The number of nitrogens with zero attached hydrogens (tertiary/aromatic N) is 5. The minimum absolute atomic E-state index is 0.0645. The standard InChI is InChI=1S/C17H15N5O3/c23-22(24)15-11-13(3-4-14(15)21-9-1-2-10-21)16-19-17(25-20-16)12-5-7-18-8-6-12/h3-8,11H,1-2,9-10H2. The first kappa shape index (κ1) is 15.3. The van der Waals surface area contributed by atoms with Crippen LogP contribution in [0.15, 0.2) is 47.2 Å². The summed E-state index contributed by atoms with van der Waals surface area (Å²) in [6.07, 6.45) is 5.38. The summed E-state index contributed by atoms with van der Waals surface area (Å²) in [6.45, 7) is 1.68. The molecule has 3 heterocycles. The molecule has 0 saturated carbocycles. The van der Waals surface area contributed by atoms with E-state index < -0.39 is 0 Å². The van der Waals surface area contributed by atoms with Crippen LogP contribution in [0.1, 0.15) is 12.8 Å². The van der Waals surface area contributed by atoms with Crippen LogP contribution in [0, 0.1) is 10.1 Å². The van der Waals surface area contributed by atoms with Crippen molar-refractivity contribution in [2.24, 2.45) is 0 Å². The van der Waals surface area contributed by atoms with Gasteiger partial charge in [-0.2, -0.15) is 4.98 Å². The van der Waals surface area contributed by atoms with Crippen molar-refractivity contribution in [3.63, 3.8) is 0 Å². The first-order chi connectivity index (χ1) is 12.2. The molecule has 2 aromatic heterocycles. The van der Waals surface area contributed by atoms with Crippen LogP contribution >= 0.6 is 0 Å². The predicted molar refractivity (Wildman–Crippen MR) is 91.1 cm³/mol. The molecule has 1 fully saturated rings. The molecular weight excluding hydrogens is 322 g/mol. The molecule has 0 spiro atoms. The molecule has 1 saturated heterocycles. The van der Waals surface area contributed by atoms with Crippen LogP contribution in [-0.4, -0.2) is 33.1 Å². The quantitative estimate of drug-likeness (QED) is 0.532. The average molecular weight is 337 g/mol. The van der Waals surface area contributed by atoms with Gasteiger partial charge in [-0.15, -0.1) is 0 Å². The third-order valence-corrected chi connectivity index (χ3v) is 4.23. The van der Waals surface area contributed by atoms with E-state index in [1.807, 2.05) is 4.90 Å². The van der Waals surface area contributed by atoms with Crippen LogP contribution in [0.3, 0.4) is 0 Å². The van der Waals surface area contributed by atoms with Crippen LogP contribution in [0.25, 0.3) is 22.8 Å². The zero-order valence-corrected chi connectivity index (χ0v) is 13.3. The normalized spacial score (nSPS) is 14.0. The molecule has 4 rings (SSSR count). The van der Waals surface area contributed by atoms with E-state index in [4.69, 9.17) is 4.52 Å². The molecule has 0 N–H and O–H groups in total. The van der Waals surface area contributed by atoms with Crippen molar-refractivity contribution in [3.8, 4) is 22.8 Å². The number of nitro groups is 1. The number of anilines is 1. The predicted octanol–water partition coefficient (Wildman–Crippen LogP) is 3.31. The fourth-order valence-electron chi connectivity index (χ4n) is 2.99. The third-order valence-electron chi connectivity index (χ3n) is 4.23. The second-order valence-electron chi connectivity index (χ2n) is 5.81. The van der Waals surface area contributed by atoms with Gasteiger partial charge >= 0.3 is 0 Å². The van der Waals surface area contributed by atoms with Crippen molar-refractivity contribution >= 4 is 11.4 Å². The Kier molecular flexibility index (Phi) is 3.85. The fraction of sp³-hybridized carbons (Fsp3) is 0.235. The SMILES string of the molecule is O=[N+]([O-])c1cc(-c2noc(-c3ccncc3)n2)ccc1N1CCCC1. The lowest BCUT2D eigenvalue weighted by Crippen LogP contribution is -2.18. The van der Waals surface area contributed by atoms with Gasteiger partial charge in [-0.1, -0.05) is 5.16 Å². The lowest BCUT2D eigenvalue weighted by molar-refractivity contribution is -0.384. The maximum atomic E-state index is 11.5. The third kappa shape index (κ3) is 2.93. The Morgan fingerprint density at radius 1 is 1.08 bits per heavy atom. The van der Waals surface area contributed by atoms with Crippen LogP contribution < -0.4 is 4.90 Å². The number of benzene rings is 1. The molecule has 8 nitrogen and oxygen atoms in total. The largest absolute Gasteiger partial charge is 0.366 e. The molecular formula is C17H15N5O3. The number of aromatic nitrogens is 3. The Morgan fingerprint density at radius 3 is 2.56 bits per heavy atom. The lowest BCUT2D eigenvalue weighted by Gasteiger charge is -2.17. The molecule has 8 heteroatoms. The molecule has 0 amide bonds. The molecule has 0 radical (unpaired) electrons. The fourth-order valence-corrected chi connectivity index (χ4v) is 2.99. The molecule has 0 bridgehead atoms. The van der Waals surface area contributed by atoms with Gasteiger partial charge in [0.2, 0.25) is 5.82 Å². The number of nitro benzene ring substituents is 1. The van der Waals surface area contributed by atoms with Gasteiger partial charge in [-0.05, 0) is 37.1 Å². The highest BCUT2D eigenvalue weighted by atomic mass is 16.6. The van der Waals surface area contributed by atoms with E-state index in [1.165, 1.54) is 6.07 Å². The van der Waals surface area contributed by atoms with Crippen molar-refractivity contribution in [3.05, 3.63) is 52.8 Å². The topological polar surface area (TPSA) is 98.2 Å². The molecule has 0 aliphatic carbocycles. The van der Waals surface area contributed by atoms with Crippen molar-refractivity contribution in [2.75, 3.05) is 18.0 Å². The number of hydrogen-bond donors (Lipinski definition) is 0. The highest BCUT2D eigenvalue weighted by Gasteiger charge is 2.23. The maximum Gasteiger partial charge on any atom is 0.293 e. The molecule has 1 aromatic carbocycles. The minimum Gasteiger partial charge on any atom is -0.366 e. The minimum atomic E-state index is -0.360. The summed E-state index contributed by atoms with van der Waals surface area (Å²) in [5, 5.41) is 15.4. The van der Waals surface area contributed by atoms with Crippen molar-refractivity contribution in [1.29, 1.82) is 0 Å². The van der Waals surface area contributed by atoms with E-state index in [-0.39, 0.29) is 10.6 Å². The summed E-state index contributed by atoms with van der Waals surface area (Å²) in [6, 6.07) is 8.59. The highest BCUT2D eigenvalue weighted by molar-refractivity contribution is 5.72. The second-order valence-corrected chi connectivity index (χ2v) is 5.81. The van der Waals surface area contributed by atoms with Gasteiger partial charge in [0.1, 0.15) is 5.69 Å². The first-order valence-electron chi connectivity index (χ1n) is 8.00. The van der Waals surface area contributed by atoms with Crippen LogP contribution in [0.4, 0.5) is 11.4 Å². The summed E-state index contributed by atoms with van der Waals surface area (Å²) >= 11 is 0. The Hall–Kier alpha value is -3.29. The Bertz CT molecular complexity index is 904. The van der Waals surface area contributed by atoms with Gasteiger partial charge < -0.3 is 9.42 Å². The van der Waals surface area contributed by atoms with Gasteiger partial charge in [0.05, 0.1) is 4.92 Å². The molecule has 3 aromatic rings. The first-order valence-corrected chi connectivity index (χ1v) is 8.00.